The molecule has 10 heavy (non-hydrogen) atoms. The largest absolute Gasteiger partial charge is 0.358 e. The third kappa shape index (κ3) is 4.55. The van der Waals surface area contributed by atoms with Gasteiger partial charge in [0.2, 0.25) is 5.91 Å². The number of hydrogen-bond donors (Lipinski definition) is 2. The van der Waals surface area contributed by atoms with Gasteiger partial charge < -0.3 is 20.2 Å². The topological polar surface area (TPSA) is 58.2 Å². The van der Waals surface area contributed by atoms with Gasteiger partial charge in [0.25, 0.3) is 0 Å². The third-order valence-electron chi connectivity index (χ3n) is 0.662. The Morgan fingerprint density at radius 2 is 1.70 bits per heavy atom. The second-order valence-electron chi connectivity index (χ2n) is 1.23. The molecule has 0 aromatic carbocycles. The van der Waals surface area contributed by atoms with Crippen molar-refractivity contribution in [3.05, 3.63) is 14.9 Å². The van der Waals surface area contributed by atoms with E-state index in [1.807, 2.05) is 5.32 Å². The second-order valence-corrected chi connectivity index (χ2v) is 1.23. The van der Waals surface area contributed by atoms with E-state index in [0.717, 1.165) is 0 Å². The maximum Gasteiger partial charge on any atom is 0.321 e. The summed E-state index contributed by atoms with van der Waals surface area (Å²) in [6.07, 6.45) is 0. The zero-order valence-corrected chi connectivity index (χ0v) is 7.31. The van der Waals surface area contributed by atoms with Crippen LogP contribution in [0, 0.1) is 14.9 Å². The standard InChI is InChI=1S/C3H4N2O2.2CH3.Ag/c6-2-1-4-3(7)5-2;;;/h1H2,(H2,4,5,6,7);2*1H3;/q;2*-1;. The molecule has 0 aromatic heterocycles. The molecule has 0 spiro atoms. The van der Waals surface area contributed by atoms with Gasteiger partial charge in [0.05, 0.1) is 6.54 Å². The first kappa shape index (κ1) is 16.3. The Kier molecular flexibility index (Phi) is 11.1. The van der Waals surface area contributed by atoms with Gasteiger partial charge in [-0.1, -0.05) is 0 Å². The summed E-state index contributed by atoms with van der Waals surface area (Å²) in [4.78, 5) is 20.1. The molecule has 1 saturated heterocycles. The monoisotopic (exact) mass is 237 g/mol. The van der Waals surface area contributed by atoms with Crippen LogP contribution in [0.1, 0.15) is 0 Å². The molecule has 65 valence electrons. The van der Waals surface area contributed by atoms with Crippen LogP contribution in [0.2, 0.25) is 0 Å². The smallest absolute Gasteiger partial charge is 0.321 e. The number of carbonyl (C=O) groups excluding carboxylic acids is 2. The van der Waals surface area contributed by atoms with Crippen LogP contribution < -0.4 is 10.6 Å². The molecule has 1 aliphatic rings. The van der Waals surface area contributed by atoms with Gasteiger partial charge in [0, 0.05) is 22.4 Å². The molecule has 4 nitrogen and oxygen atoms in total. The summed E-state index contributed by atoms with van der Waals surface area (Å²) < 4.78 is 0. The van der Waals surface area contributed by atoms with Gasteiger partial charge in [-0.3, -0.25) is 10.1 Å². The summed E-state index contributed by atoms with van der Waals surface area (Å²) in [5.41, 5.74) is 0. The molecule has 0 saturated carbocycles. The fourth-order valence-electron chi connectivity index (χ4n) is 0.376. The molecule has 1 heterocycles. The van der Waals surface area contributed by atoms with Crippen LogP contribution in [0.5, 0.6) is 0 Å². The number of nitrogens with one attached hydrogen (secondary N) is 2. The van der Waals surface area contributed by atoms with Gasteiger partial charge in [-0.25, -0.2) is 4.79 Å². The number of imide groups is 1. The summed E-state index contributed by atoms with van der Waals surface area (Å²) in [7, 11) is 0. The predicted molar refractivity (Wildman–Crippen MR) is 34.4 cm³/mol. The van der Waals surface area contributed by atoms with E-state index >= 15 is 0 Å². The van der Waals surface area contributed by atoms with Crippen molar-refractivity contribution in [3.8, 4) is 0 Å². The molecule has 0 atom stereocenters. The van der Waals surface area contributed by atoms with Crippen molar-refractivity contribution in [3.63, 3.8) is 0 Å². The van der Waals surface area contributed by atoms with Crippen molar-refractivity contribution in [1.29, 1.82) is 0 Å². The van der Waals surface area contributed by atoms with E-state index < -0.39 is 6.03 Å². The molecule has 0 bridgehead atoms. The SMILES string of the molecule is O=C1CNC(=O)N1.[Ag].[CH3-].[CH3-]. The molecule has 1 radical (unpaired) electrons. The van der Waals surface area contributed by atoms with Crippen LogP contribution in [-0.2, 0) is 27.2 Å². The summed E-state index contributed by atoms with van der Waals surface area (Å²) in [5.74, 6) is -0.259. The average molecular weight is 238 g/mol. The van der Waals surface area contributed by atoms with E-state index in [9.17, 15) is 9.59 Å². The number of carbonyl (C=O) groups is 2. The second kappa shape index (κ2) is 6.80. The first-order valence-electron chi connectivity index (χ1n) is 1.87. The van der Waals surface area contributed by atoms with Crippen molar-refractivity contribution in [2.75, 3.05) is 6.54 Å². The van der Waals surface area contributed by atoms with Crippen LogP contribution >= 0.6 is 0 Å². The summed E-state index contributed by atoms with van der Waals surface area (Å²) in [5, 5.41) is 4.30. The molecule has 1 aliphatic heterocycles. The normalized spacial score (nSPS) is 13.2. The van der Waals surface area contributed by atoms with Crippen LogP contribution in [0.15, 0.2) is 0 Å². The maximum absolute atomic E-state index is 10.1. The minimum atomic E-state index is -0.398. The van der Waals surface area contributed by atoms with Gasteiger partial charge in [-0.2, -0.15) is 0 Å². The van der Waals surface area contributed by atoms with E-state index in [-0.39, 0.29) is 49.7 Å². The Morgan fingerprint density at radius 3 is 1.80 bits per heavy atom. The minimum Gasteiger partial charge on any atom is -0.358 e. The fourth-order valence-corrected chi connectivity index (χ4v) is 0.376. The van der Waals surface area contributed by atoms with Crippen LogP contribution in [0.4, 0.5) is 4.79 Å². The Hall–Kier alpha value is -0.320. The summed E-state index contributed by atoms with van der Waals surface area (Å²) >= 11 is 0. The fraction of sp³-hybridized carbons (Fsp3) is 0.200. The van der Waals surface area contributed by atoms with E-state index in [1.54, 1.807) is 0 Å². The molecular formula is C5H10AgN2O2-2. The molecule has 1 rings (SSSR count). The molecule has 0 aliphatic carbocycles. The zero-order chi connectivity index (χ0) is 5.28. The number of hydrogen-bond acceptors (Lipinski definition) is 2. The number of amides is 3. The van der Waals surface area contributed by atoms with Gasteiger partial charge in [-0.15, -0.1) is 0 Å². The van der Waals surface area contributed by atoms with E-state index in [4.69, 9.17) is 0 Å². The molecule has 0 unspecified atom stereocenters. The van der Waals surface area contributed by atoms with Crippen LogP contribution in [0.25, 0.3) is 0 Å². The third-order valence-corrected chi connectivity index (χ3v) is 0.662. The van der Waals surface area contributed by atoms with E-state index in [1.165, 1.54) is 0 Å². The minimum absolute atomic E-state index is 0. The Bertz CT molecular complexity index is 113. The van der Waals surface area contributed by atoms with Crippen molar-refractivity contribution < 1.29 is 32.0 Å². The molecule has 3 amide bonds. The summed E-state index contributed by atoms with van der Waals surface area (Å²) in [6.45, 7) is 0.124. The number of urea groups is 1. The van der Waals surface area contributed by atoms with Gasteiger partial charge in [0.15, 0.2) is 0 Å². The number of rotatable bonds is 0. The molecule has 2 N–H and O–H groups in total. The maximum atomic E-state index is 10.1. The van der Waals surface area contributed by atoms with Crippen LogP contribution in [-0.4, -0.2) is 18.5 Å². The van der Waals surface area contributed by atoms with Crippen molar-refractivity contribution in [2.45, 2.75) is 0 Å². The molecule has 1 fully saturated rings. The van der Waals surface area contributed by atoms with Crippen molar-refractivity contribution in [2.24, 2.45) is 0 Å². The Labute approximate surface area is 76.3 Å². The Balaban J connectivity index is -0.000000163. The zero-order valence-electron chi connectivity index (χ0n) is 5.83. The van der Waals surface area contributed by atoms with Crippen molar-refractivity contribution in [1.82, 2.24) is 10.6 Å². The Morgan fingerprint density at radius 1 is 1.20 bits per heavy atom. The van der Waals surface area contributed by atoms with Crippen molar-refractivity contribution >= 4 is 11.9 Å². The summed E-state index contributed by atoms with van der Waals surface area (Å²) in [6, 6.07) is -0.398. The first-order valence-corrected chi connectivity index (χ1v) is 1.87. The van der Waals surface area contributed by atoms with Gasteiger partial charge in [0.1, 0.15) is 0 Å². The van der Waals surface area contributed by atoms with E-state index in [0.29, 0.717) is 0 Å². The van der Waals surface area contributed by atoms with E-state index in [2.05, 4.69) is 5.32 Å². The van der Waals surface area contributed by atoms with Gasteiger partial charge in [-0.05, 0) is 0 Å². The quantitative estimate of drug-likeness (QED) is 0.346. The molecule has 0 aromatic rings. The average Bonchev–Trinajstić information content (AvgIpc) is 1.87. The predicted octanol–water partition coefficient (Wildman–Crippen LogP) is -0.276. The molecule has 5 heteroatoms. The first-order chi connectivity index (χ1) is 3.29. The van der Waals surface area contributed by atoms with Gasteiger partial charge >= 0.3 is 6.03 Å². The molecular weight excluding hydrogens is 228 g/mol. The van der Waals surface area contributed by atoms with Crippen LogP contribution in [0.3, 0.4) is 0 Å².